The van der Waals surface area contributed by atoms with Crippen molar-refractivity contribution in [2.75, 3.05) is 20.3 Å². The lowest BCUT2D eigenvalue weighted by molar-refractivity contribution is -0.156. The van der Waals surface area contributed by atoms with Gasteiger partial charge in [0.1, 0.15) is 0 Å². The highest BCUT2D eigenvalue weighted by molar-refractivity contribution is 5.80. The number of carbonyl (C=O) groups is 2. The Balaban J connectivity index is 2.36. The fourth-order valence-electron chi connectivity index (χ4n) is 1.43. The van der Waals surface area contributed by atoms with E-state index < -0.39 is 17.5 Å². The van der Waals surface area contributed by atoms with Gasteiger partial charge in [-0.25, -0.2) is 4.79 Å². The molecule has 0 aliphatic carbocycles. The number of nitrogens with one attached hydrogen (secondary N) is 1. The molecule has 0 saturated heterocycles. The summed E-state index contributed by atoms with van der Waals surface area (Å²) in [5.74, 6) is -0.725. The molecule has 7 heteroatoms. The highest BCUT2D eigenvalue weighted by Gasteiger charge is 2.30. The van der Waals surface area contributed by atoms with Gasteiger partial charge in [0.25, 0.3) is 0 Å². The standard InChI is InChI=1S/C14H19NO6/c1-14(19,13(17)18)9-15-12(16)7-8-21-11-6-4-3-5-10(11)20-2/h3-6,19H,7-9H2,1-2H3,(H,15,16)(H,17,18). The smallest absolute Gasteiger partial charge is 0.337 e. The Kier molecular flexibility index (Phi) is 5.98. The Morgan fingerprint density at radius 2 is 1.90 bits per heavy atom. The van der Waals surface area contributed by atoms with Gasteiger partial charge in [0, 0.05) is 0 Å². The summed E-state index contributed by atoms with van der Waals surface area (Å²) in [6.45, 7) is 0.859. The van der Waals surface area contributed by atoms with Crippen LogP contribution >= 0.6 is 0 Å². The first-order valence-electron chi connectivity index (χ1n) is 6.35. The van der Waals surface area contributed by atoms with Gasteiger partial charge in [-0.1, -0.05) is 12.1 Å². The molecule has 0 heterocycles. The maximum absolute atomic E-state index is 11.5. The van der Waals surface area contributed by atoms with Crippen LogP contribution in [0.5, 0.6) is 11.5 Å². The topological polar surface area (TPSA) is 105 Å². The van der Waals surface area contributed by atoms with Crippen LogP contribution < -0.4 is 14.8 Å². The fourth-order valence-corrected chi connectivity index (χ4v) is 1.43. The van der Waals surface area contributed by atoms with E-state index in [0.717, 1.165) is 6.92 Å². The number of para-hydroxylation sites is 2. The minimum Gasteiger partial charge on any atom is -0.493 e. The van der Waals surface area contributed by atoms with Crippen LogP contribution in [0.2, 0.25) is 0 Å². The van der Waals surface area contributed by atoms with Crippen LogP contribution in [0, 0.1) is 0 Å². The Bertz CT molecular complexity index is 500. The summed E-state index contributed by atoms with van der Waals surface area (Å²) in [6, 6.07) is 7.03. The van der Waals surface area contributed by atoms with Crippen molar-refractivity contribution in [3.8, 4) is 11.5 Å². The number of hydrogen-bond donors (Lipinski definition) is 3. The first kappa shape index (κ1) is 16.8. The van der Waals surface area contributed by atoms with Crippen molar-refractivity contribution in [1.82, 2.24) is 5.32 Å². The Hall–Kier alpha value is -2.28. The number of rotatable bonds is 8. The highest BCUT2D eigenvalue weighted by atomic mass is 16.5. The molecule has 116 valence electrons. The van der Waals surface area contributed by atoms with Crippen LogP contribution in [0.1, 0.15) is 13.3 Å². The molecule has 0 bridgehead atoms. The molecule has 1 rings (SSSR count). The number of hydrogen-bond acceptors (Lipinski definition) is 5. The molecule has 7 nitrogen and oxygen atoms in total. The van der Waals surface area contributed by atoms with Crippen LogP contribution in [0.15, 0.2) is 24.3 Å². The predicted octanol–water partition coefficient (Wildman–Crippen LogP) is 0.416. The van der Waals surface area contributed by atoms with E-state index in [2.05, 4.69) is 5.32 Å². The molecule has 1 atom stereocenters. The number of aliphatic hydroxyl groups is 1. The van der Waals surface area contributed by atoms with Crippen molar-refractivity contribution in [3.05, 3.63) is 24.3 Å². The normalized spacial score (nSPS) is 13.1. The number of benzene rings is 1. The summed E-state index contributed by atoms with van der Waals surface area (Å²) < 4.78 is 10.5. The van der Waals surface area contributed by atoms with E-state index in [4.69, 9.17) is 14.6 Å². The molecule has 0 aliphatic rings. The maximum Gasteiger partial charge on any atom is 0.337 e. The molecule has 0 saturated carbocycles. The Labute approximate surface area is 122 Å². The van der Waals surface area contributed by atoms with Crippen LogP contribution in [-0.2, 0) is 9.59 Å². The monoisotopic (exact) mass is 297 g/mol. The molecule has 0 spiro atoms. The van der Waals surface area contributed by atoms with Gasteiger partial charge in [0.15, 0.2) is 17.1 Å². The van der Waals surface area contributed by atoms with Crippen LogP contribution in [0.3, 0.4) is 0 Å². The molecular formula is C14H19NO6. The van der Waals surface area contributed by atoms with E-state index in [1.165, 1.54) is 7.11 Å². The van der Waals surface area contributed by atoms with Gasteiger partial charge in [-0.2, -0.15) is 0 Å². The van der Waals surface area contributed by atoms with Gasteiger partial charge in [-0.15, -0.1) is 0 Å². The van der Waals surface area contributed by atoms with Crippen molar-refractivity contribution in [2.45, 2.75) is 18.9 Å². The average molecular weight is 297 g/mol. The van der Waals surface area contributed by atoms with Crippen LogP contribution in [-0.4, -0.2) is 48.0 Å². The molecule has 0 radical (unpaired) electrons. The SMILES string of the molecule is COc1ccccc1OCCC(=O)NCC(C)(O)C(=O)O. The van der Waals surface area contributed by atoms with Crippen molar-refractivity contribution < 1.29 is 29.3 Å². The summed E-state index contributed by atoms with van der Waals surface area (Å²) >= 11 is 0. The molecule has 21 heavy (non-hydrogen) atoms. The van der Waals surface area contributed by atoms with Gasteiger partial charge >= 0.3 is 5.97 Å². The zero-order valence-corrected chi connectivity index (χ0v) is 12.0. The third kappa shape index (κ3) is 5.31. The van der Waals surface area contributed by atoms with Crippen molar-refractivity contribution in [3.63, 3.8) is 0 Å². The number of ether oxygens (including phenoxy) is 2. The summed E-state index contributed by atoms with van der Waals surface area (Å²) in [5, 5.41) is 20.5. The molecule has 0 aliphatic heterocycles. The van der Waals surface area contributed by atoms with Crippen molar-refractivity contribution in [1.29, 1.82) is 0 Å². The first-order valence-corrected chi connectivity index (χ1v) is 6.35. The molecule has 0 aromatic heterocycles. The number of carboxylic acids is 1. The first-order chi connectivity index (χ1) is 9.86. The van der Waals surface area contributed by atoms with Crippen molar-refractivity contribution in [2.24, 2.45) is 0 Å². The molecule has 0 fully saturated rings. The lowest BCUT2D eigenvalue weighted by Gasteiger charge is -2.18. The quantitative estimate of drug-likeness (QED) is 0.642. The average Bonchev–Trinajstić information content (AvgIpc) is 2.45. The number of methoxy groups -OCH3 is 1. The molecule has 1 aromatic rings. The Morgan fingerprint density at radius 1 is 1.29 bits per heavy atom. The van der Waals surface area contributed by atoms with Gasteiger partial charge in [0.05, 0.1) is 26.7 Å². The van der Waals surface area contributed by atoms with E-state index in [0.29, 0.717) is 11.5 Å². The number of carbonyl (C=O) groups excluding carboxylic acids is 1. The zero-order valence-electron chi connectivity index (χ0n) is 12.0. The van der Waals surface area contributed by atoms with Gasteiger partial charge in [-0.3, -0.25) is 4.79 Å². The lowest BCUT2D eigenvalue weighted by Crippen LogP contribution is -2.46. The van der Waals surface area contributed by atoms with E-state index in [1.54, 1.807) is 24.3 Å². The van der Waals surface area contributed by atoms with E-state index in [-0.39, 0.29) is 19.6 Å². The maximum atomic E-state index is 11.5. The predicted molar refractivity (Wildman–Crippen MR) is 74.4 cm³/mol. The van der Waals surface area contributed by atoms with Gasteiger partial charge in [-0.05, 0) is 19.1 Å². The minimum absolute atomic E-state index is 0.0355. The summed E-state index contributed by atoms with van der Waals surface area (Å²) in [6.07, 6.45) is 0.0355. The third-order valence-electron chi connectivity index (χ3n) is 2.75. The van der Waals surface area contributed by atoms with Crippen LogP contribution in [0.25, 0.3) is 0 Å². The largest absolute Gasteiger partial charge is 0.493 e. The molecular weight excluding hydrogens is 278 g/mol. The number of amides is 1. The summed E-state index contributed by atoms with van der Waals surface area (Å²) in [7, 11) is 1.52. The van der Waals surface area contributed by atoms with E-state index in [9.17, 15) is 14.7 Å². The minimum atomic E-state index is -1.99. The molecule has 1 amide bonds. The molecule has 1 unspecified atom stereocenters. The highest BCUT2D eigenvalue weighted by Crippen LogP contribution is 2.25. The number of aliphatic carboxylic acids is 1. The second kappa shape index (κ2) is 7.49. The molecule has 1 aromatic carbocycles. The third-order valence-corrected chi connectivity index (χ3v) is 2.75. The fraction of sp³-hybridized carbons (Fsp3) is 0.429. The van der Waals surface area contributed by atoms with Gasteiger partial charge < -0.3 is 25.0 Å². The van der Waals surface area contributed by atoms with E-state index in [1.807, 2.05) is 0 Å². The van der Waals surface area contributed by atoms with E-state index >= 15 is 0 Å². The lowest BCUT2D eigenvalue weighted by atomic mass is 10.1. The van der Waals surface area contributed by atoms with Crippen LogP contribution in [0.4, 0.5) is 0 Å². The Morgan fingerprint density at radius 3 is 2.48 bits per heavy atom. The molecule has 3 N–H and O–H groups in total. The van der Waals surface area contributed by atoms with Gasteiger partial charge in [0.2, 0.25) is 5.91 Å². The summed E-state index contributed by atoms with van der Waals surface area (Å²) in [5.41, 5.74) is -1.99. The van der Waals surface area contributed by atoms with Crippen molar-refractivity contribution >= 4 is 11.9 Å². The zero-order chi connectivity index (χ0) is 15.9. The second-order valence-corrected chi connectivity index (χ2v) is 4.61. The number of carboxylic acid groups (broad SMARTS) is 1. The summed E-state index contributed by atoms with van der Waals surface area (Å²) in [4.78, 5) is 22.2. The second-order valence-electron chi connectivity index (χ2n) is 4.61.